The molecule has 2 aromatic carbocycles. The van der Waals surface area contributed by atoms with Crippen LogP contribution in [0, 0.1) is 0 Å². The van der Waals surface area contributed by atoms with Crippen molar-refractivity contribution in [3.8, 4) is 11.5 Å². The molecule has 1 aliphatic heterocycles. The van der Waals surface area contributed by atoms with Crippen LogP contribution in [0.25, 0.3) is 0 Å². The van der Waals surface area contributed by atoms with E-state index in [2.05, 4.69) is 11.0 Å². The van der Waals surface area contributed by atoms with E-state index in [1.807, 2.05) is 45.0 Å². The SMILES string of the molecule is CN(C(=O)OC(C)(C)C)c1cc(Oc2ccccc2N2CCCCC2)ccc1N. The van der Waals surface area contributed by atoms with E-state index in [1.165, 1.54) is 24.2 Å². The maximum absolute atomic E-state index is 12.4. The van der Waals surface area contributed by atoms with Crippen LogP contribution in [0.2, 0.25) is 0 Å². The number of anilines is 3. The Hall–Kier alpha value is -2.89. The largest absolute Gasteiger partial charge is 0.455 e. The molecule has 3 rings (SSSR count). The fraction of sp³-hybridized carbons (Fsp3) is 0.435. The van der Waals surface area contributed by atoms with E-state index in [0.29, 0.717) is 17.1 Å². The van der Waals surface area contributed by atoms with E-state index in [-0.39, 0.29) is 0 Å². The Morgan fingerprint density at radius 2 is 1.76 bits per heavy atom. The fourth-order valence-corrected chi connectivity index (χ4v) is 3.37. The predicted molar refractivity (Wildman–Crippen MR) is 118 cm³/mol. The fourth-order valence-electron chi connectivity index (χ4n) is 3.37. The van der Waals surface area contributed by atoms with Crippen LogP contribution in [0.5, 0.6) is 11.5 Å². The number of piperidine rings is 1. The molecule has 0 aromatic heterocycles. The molecule has 2 aromatic rings. The molecule has 1 aliphatic rings. The van der Waals surface area contributed by atoms with Crippen LogP contribution >= 0.6 is 0 Å². The Kier molecular flexibility index (Phi) is 6.20. The van der Waals surface area contributed by atoms with Crippen LogP contribution in [0.4, 0.5) is 21.9 Å². The average Bonchev–Trinajstić information content (AvgIpc) is 2.69. The summed E-state index contributed by atoms with van der Waals surface area (Å²) in [6, 6.07) is 13.4. The number of para-hydroxylation sites is 2. The molecule has 0 saturated carbocycles. The minimum absolute atomic E-state index is 0.463. The lowest BCUT2D eigenvalue weighted by Gasteiger charge is -2.30. The van der Waals surface area contributed by atoms with Gasteiger partial charge >= 0.3 is 6.09 Å². The first-order valence-electron chi connectivity index (χ1n) is 10.1. The third-order valence-electron chi connectivity index (χ3n) is 4.82. The van der Waals surface area contributed by atoms with Crippen molar-refractivity contribution in [3.05, 3.63) is 42.5 Å². The first kappa shape index (κ1) is 20.8. The van der Waals surface area contributed by atoms with Gasteiger partial charge in [-0.1, -0.05) is 12.1 Å². The smallest absolute Gasteiger partial charge is 0.414 e. The van der Waals surface area contributed by atoms with Gasteiger partial charge in [0.1, 0.15) is 11.4 Å². The van der Waals surface area contributed by atoms with Crippen LogP contribution in [0.1, 0.15) is 40.0 Å². The van der Waals surface area contributed by atoms with Gasteiger partial charge in [-0.3, -0.25) is 4.90 Å². The summed E-state index contributed by atoms with van der Waals surface area (Å²) in [6.07, 6.45) is 3.20. The lowest BCUT2D eigenvalue weighted by Crippen LogP contribution is -2.34. The summed E-state index contributed by atoms with van der Waals surface area (Å²) in [6.45, 7) is 7.57. The van der Waals surface area contributed by atoms with Gasteiger partial charge in [-0.05, 0) is 64.3 Å². The quantitative estimate of drug-likeness (QED) is 0.698. The third-order valence-corrected chi connectivity index (χ3v) is 4.82. The molecule has 156 valence electrons. The highest BCUT2D eigenvalue weighted by molar-refractivity contribution is 5.91. The molecular weight excluding hydrogens is 366 g/mol. The maximum atomic E-state index is 12.4. The van der Waals surface area contributed by atoms with Crippen molar-refractivity contribution >= 4 is 23.2 Å². The summed E-state index contributed by atoms with van der Waals surface area (Å²) in [5.74, 6) is 1.42. The number of nitrogens with two attached hydrogens (primary N) is 1. The zero-order valence-electron chi connectivity index (χ0n) is 17.8. The summed E-state index contributed by atoms with van der Waals surface area (Å²) in [5.41, 5.74) is 7.66. The van der Waals surface area contributed by atoms with E-state index >= 15 is 0 Å². The Labute approximate surface area is 173 Å². The predicted octanol–water partition coefficient (Wildman–Crippen LogP) is 5.42. The summed E-state index contributed by atoms with van der Waals surface area (Å²) < 4.78 is 11.7. The highest BCUT2D eigenvalue weighted by atomic mass is 16.6. The van der Waals surface area contributed by atoms with Crippen LogP contribution in [0.15, 0.2) is 42.5 Å². The van der Waals surface area contributed by atoms with Crippen molar-refractivity contribution in [2.24, 2.45) is 0 Å². The first-order chi connectivity index (χ1) is 13.7. The van der Waals surface area contributed by atoms with E-state index in [4.69, 9.17) is 15.2 Å². The van der Waals surface area contributed by atoms with Gasteiger partial charge < -0.3 is 20.1 Å². The molecule has 6 heteroatoms. The first-order valence-corrected chi connectivity index (χ1v) is 10.1. The monoisotopic (exact) mass is 397 g/mol. The summed E-state index contributed by atoms with van der Waals surface area (Å²) in [5, 5.41) is 0. The van der Waals surface area contributed by atoms with Gasteiger partial charge in [0.05, 0.1) is 17.1 Å². The Morgan fingerprint density at radius 1 is 1.07 bits per heavy atom. The molecular formula is C23H31N3O3. The van der Waals surface area contributed by atoms with Gasteiger partial charge in [0.15, 0.2) is 5.75 Å². The maximum Gasteiger partial charge on any atom is 0.414 e. The second-order valence-corrected chi connectivity index (χ2v) is 8.38. The molecule has 6 nitrogen and oxygen atoms in total. The lowest BCUT2D eigenvalue weighted by atomic mass is 10.1. The van der Waals surface area contributed by atoms with E-state index < -0.39 is 11.7 Å². The Balaban J connectivity index is 1.83. The number of nitrogens with zero attached hydrogens (tertiary/aromatic N) is 2. The minimum atomic E-state index is -0.582. The van der Waals surface area contributed by atoms with Crippen molar-refractivity contribution in [1.82, 2.24) is 0 Å². The molecule has 1 amide bonds. The highest BCUT2D eigenvalue weighted by Gasteiger charge is 2.22. The zero-order chi connectivity index (χ0) is 21.0. The number of amides is 1. The van der Waals surface area contributed by atoms with Crippen LogP contribution in [-0.4, -0.2) is 31.8 Å². The number of carbonyl (C=O) groups is 1. The molecule has 2 N–H and O–H groups in total. The average molecular weight is 398 g/mol. The number of nitrogen functional groups attached to an aromatic ring is 1. The molecule has 1 fully saturated rings. The van der Waals surface area contributed by atoms with Gasteiger partial charge in [0, 0.05) is 26.2 Å². The Morgan fingerprint density at radius 3 is 2.45 bits per heavy atom. The molecule has 0 aliphatic carbocycles. The molecule has 29 heavy (non-hydrogen) atoms. The van der Waals surface area contributed by atoms with Crippen molar-refractivity contribution in [3.63, 3.8) is 0 Å². The standard InChI is InChI=1S/C23H31N3O3/c1-23(2,3)29-22(27)25(4)20-16-17(12-13-18(20)24)28-21-11-7-6-10-19(21)26-14-8-5-9-15-26/h6-7,10-13,16H,5,8-9,14-15,24H2,1-4H3. The van der Waals surface area contributed by atoms with Crippen LogP contribution in [0.3, 0.4) is 0 Å². The molecule has 0 spiro atoms. The van der Waals surface area contributed by atoms with Crippen molar-refractivity contribution in [2.45, 2.75) is 45.6 Å². The zero-order valence-corrected chi connectivity index (χ0v) is 17.8. The number of benzene rings is 2. The van der Waals surface area contributed by atoms with E-state index in [9.17, 15) is 4.79 Å². The molecule has 1 heterocycles. The van der Waals surface area contributed by atoms with Gasteiger partial charge in [0.2, 0.25) is 0 Å². The van der Waals surface area contributed by atoms with E-state index in [1.54, 1.807) is 19.2 Å². The molecule has 0 atom stereocenters. The second-order valence-electron chi connectivity index (χ2n) is 8.38. The van der Waals surface area contributed by atoms with E-state index in [0.717, 1.165) is 24.5 Å². The number of ether oxygens (including phenoxy) is 2. The van der Waals surface area contributed by atoms with Gasteiger partial charge in [-0.25, -0.2) is 4.79 Å². The Bertz CT molecular complexity index is 855. The molecule has 0 radical (unpaired) electrons. The number of carbonyl (C=O) groups excluding carboxylic acids is 1. The molecule has 0 bridgehead atoms. The third kappa shape index (κ3) is 5.34. The van der Waals surface area contributed by atoms with Crippen molar-refractivity contribution in [2.75, 3.05) is 35.7 Å². The van der Waals surface area contributed by atoms with Crippen molar-refractivity contribution < 1.29 is 14.3 Å². The topological polar surface area (TPSA) is 68.0 Å². The normalized spacial score (nSPS) is 14.4. The summed E-state index contributed by atoms with van der Waals surface area (Å²) >= 11 is 0. The molecule has 1 saturated heterocycles. The summed E-state index contributed by atoms with van der Waals surface area (Å²) in [7, 11) is 1.64. The van der Waals surface area contributed by atoms with Crippen molar-refractivity contribution in [1.29, 1.82) is 0 Å². The highest BCUT2D eigenvalue weighted by Crippen LogP contribution is 2.36. The second kappa shape index (κ2) is 8.64. The van der Waals surface area contributed by atoms with Gasteiger partial charge in [-0.2, -0.15) is 0 Å². The minimum Gasteiger partial charge on any atom is -0.455 e. The number of rotatable bonds is 4. The van der Waals surface area contributed by atoms with Crippen LogP contribution < -0.4 is 20.3 Å². The summed E-state index contributed by atoms with van der Waals surface area (Å²) in [4.78, 5) is 16.2. The van der Waals surface area contributed by atoms with Crippen LogP contribution in [-0.2, 0) is 4.74 Å². The number of hydrogen-bond donors (Lipinski definition) is 1. The lowest BCUT2D eigenvalue weighted by molar-refractivity contribution is 0.0589. The number of hydrogen-bond acceptors (Lipinski definition) is 5. The van der Waals surface area contributed by atoms with Gasteiger partial charge in [-0.15, -0.1) is 0 Å². The molecule has 0 unspecified atom stereocenters. The van der Waals surface area contributed by atoms with Gasteiger partial charge in [0.25, 0.3) is 0 Å².